The molecule has 5 aromatic carbocycles. The Morgan fingerprint density at radius 1 is 0.836 bits per heavy atom. The van der Waals surface area contributed by atoms with Crippen LogP contribution in [0.4, 0.5) is 17.1 Å². The predicted octanol–water partition coefficient (Wildman–Crippen LogP) is 7.57. The molecule has 13 heteroatoms. The van der Waals surface area contributed by atoms with E-state index in [0.717, 1.165) is 43.3 Å². The van der Waals surface area contributed by atoms with Crippen molar-refractivity contribution in [1.82, 2.24) is 14.5 Å². The first kappa shape index (κ1) is 39.5. The Morgan fingerprint density at radius 2 is 1.47 bits per heavy atom. The first-order chi connectivity index (χ1) is 26.5. The quantitative estimate of drug-likeness (QED) is 0.0476. The maximum atomic E-state index is 13.9. The number of para-hydroxylation sites is 1. The minimum Gasteiger partial charge on any atom is -0.369 e. The van der Waals surface area contributed by atoms with Gasteiger partial charge in [0.1, 0.15) is 10.6 Å². The van der Waals surface area contributed by atoms with E-state index < -0.39 is 32.2 Å². The normalized spacial score (nSPS) is 14.7. The van der Waals surface area contributed by atoms with Crippen LogP contribution in [-0.2, 0) is 16.6 Å². The summed E-state index contributed by atoms with van der Waals surface area (Å²) in [5.74, 6) is -0.387. The number of thioether (sulfide) groups is 1. The lowest BCUT2D eigenvalue weighted by molar-refractivity contribution is -0.384. The van der Waals surface area contributed by atoms with E-state index in [2.05, 4.69) is 68.4 Å². The van der Waals surface area contributed by atoms with Gasteiger partial charge in [0.15, 0.2) is 0 Å². The number of benzene rings is 5. The van der Waals surface area contributed by atoms with Gasteiger partial charge in [0.25, 0.3) is 21.6 Å². The Hall–Kier alpha value is -5.21. The minimum atomic E-state index is -4.56. The Balaban J connectivity index is 1.13. The summed E-state index contributed by atoms with van der Waals surface area (Å²) < 4.78 is 29.9. The van der Waals surface area contributed by atoms with Crippen LogP contribution in [-0.4, -0.2) is 80.7 Å². The number of carbonyl (C=O) groups is 1. The molecule has 0 radical (unpaired) electrons. The maximum absolute atomic E-state index is 13.9. The molecule has 1 fully saturated rings. The highest BCUT2D eigenvalue weighted by Gasteiger charge is 2.37. The van der Waals surface area contributed by atoms with Gasteiger partial charge in [-0.15, -0.1) is 11.8 Å². The van der Waals surface area contributed by atoms with Gasteiger partial charge in [0, 0.05) is 60.7 Å². The first-order valence-corrected chi connectivity index (χ1v) is 20.7. The van der Waals surface area contributed by atoms with Crippen molar-refractivity contribution in [3.05, 3.63) is 149 Å². The largest absolute Gasteiger partial charge is 0.369 e. The fourth-order valence-electron chi connectivity index (χ4n) is 6.78. The average molecular weight is 779 g/mol. The lowest BCUT2D eigenvalue weighted by Gasteiger charge is -2.41. The highest BCUT2D eigenvalue weighted by Crippen LogP contribution is 2.37. The monoisotopic (exact) mass is 778 g/mol. The summed E-state index contributed by atoms with van der Waals surface area (Å²) in [6, 6.07) is 39.3. The zero-order chi connectivity index (χ0) is 39.0. The van der Waals surface area contributed by atoms with E-state index in [1.807, 2.05) is 74.4 Å². The number of hydrogen-bond acceptors (Lipinski definition) is 10. The van der Waals surface area contributed by atoms with E-state index in [1.165, 1.54) is 34.9 Å². The fraction of sp³-hybridized carbons (Fsp3) is 0.262. The van der Waals surface area contributed by atoms with Crippen LogP contribution in [0.1, 0.15) is 29.3 Å². The third-order valence-corrected chi connectivity index (χ3v) is 12.7. The van der Waals surface area contributed by atoms with Crippen LogP contribution in [0.15, 0.2) is 137 Å². The molecule has 1 amide bonds. The van der Waals surface area contributed by atoms with Crippen molar-refractivity contribution in [2.45, 2.75) is 35.3 Å². The Bertz CT molecular complexity index is 2200. The molecule has 1 aliphatic heterocycles. The standard InChI is InChI=1S/C42H46N6O5S2/c1-4-42(45(2)3,31-54-36-17-9-6-10-18-36)43-40-38(48(50)51)20-13-21-39(40)55(52,53)44-41(49)33-22-24-35(25-23-33)47-28-26-46(27-29-47)30-34-16-11-12-19-37(34)32-14-7-5-8-15-32/h5-25,43H,4,26-31H2,1-3H3,(H,44,49). The lowest BCUT2D eigenvalue weighted by Crippen LogP contribution is -2.53. The second kappa shape index (κ2) is 17.5. The van der Waals surface area contributed by atoms with Crippen molar-refractivity contribution in [3.63, 3.8) is 0 Å². The molecule has 0 bridgehead atoms. The number of amides is 1. The van der Waals surface area contributed by atoms with Crippen LogP contribution in [0, 0.1) is 10.1 Å². The molecule has 1 unspecified atom stereocenters. The first-order valence-electron chi connectivity index (χ1n) is 18.2. The van der Waals surface area contributed by atoms with Gasteiger partial charge in [-0.3, -0.25) is 24.7 Å². The summed E-state index contributed by atoms with van der Waals surface area (Å²) in [6.45, 7) is 6.09. The van der Waals surface area contributed by atoms with Crippen LogP contribution in [0.2, 0.25) is 0 Å². The molecule has 286 valence electrons. The van der Waals surface area contributed by atoms with Gasteiger partial charge in [-0.1, -0.05) is 85.8 Å². The van der Waals surface area contributed by atoms with Crippen molar-refractivity contribution >= 4 is 44.8 Å². The van der Waals surface area contributed by atoms with E-state index in [4.69, 9.17) is 0 Å². The van der Waals surface area contributed by atoms with Gasteiger partial charge in [0.05, 0.1) is 10.6 Å². The zero-order valence-corrected chi connectivity index (χ0v) is 32.9. The summed E-state index contributed by atoms with van der Waals surface area (Å²) in [6.07, 6.45) is 0.487. The molecule has 0 spiro atoms. The van der Waals surface area contributed by atoms with Crippen LogP contribution >= 0.6 is 11.8 Å². The van der Waals surface area contributed by atoms with E-state index in [0.29, 0.717) is 12.2 Å². The second-order valence-electron chi connectivity index (χ2n) is 13.7. The van der Waals surface area contributed by atoms with Crippen molar-refractivity contribution in [2.75, 3.05) is 56.2 Å². The van der Waals surface area contributed by atoms with Crippen molar-refractivity contribution in [2.24, 2.45) is 0 Å². The number of nitrogens with one attached hydrogen (secondary N) is 2. The zero-order valence-electron chi connectivity index (χ0n) is 31.2. The van der Waals surface area contributed by atoms with Crippen LogP contribution in [0.25, 0.3) is 11.1 Å². The average Bonchev–Trinajstić information content (AvgIpc) is 3.20. The summed E-state index contributed by atoms with van der Waals surface area (Å²) in [5, 5.41) is 15.5. The molecule has 2 N–H and O–H groups in total. The SMILES string of the molecule is CCC(CSc1ccccc1)(Nc1c([N+](=O)[O-])cccc1S(=O)(=O)NC(=O)c1ccc(N2CCN(Cc3ccccc3-c3ccccc3)CC2)cc1)N(C)C. The van der Waals surface area contributed by atoms with Gasteiger partial charge in [-0.25, -0.2) is 13.1 Å². The van der Waals surface area contributed by atoms with Crippen LogP contribution in [0.3, 0.4) is 0 Å². The Morgan fingerprint density at radius 3 is 2.11 bits per heavy atom. The molecule has 1 aliphatic rings. The minimum absolute atomic E-state index is 0.152. The van der Waals surface area contributed by atoms with E-state index in [-0.39, 0.29) is 16.1 Å². The Labute approximate surface area is 327 Å². The number of rotatable bonds is 15. The van der Waals surface area contributed by atoms with Crippen molar-refractivity contribution in [1.29, 1.82) is 0 Å². The van der Waals surface area contributed by atoms with Gasteiger partial charge in [-0.2, -0.15) is 0 Å². The van der Waals surface area contributed by atoms with Crippen LogP contribution in [0.5, 0.6) is 0 Å². The highest BCUT2D eigenvalue weighted by atomic mass is 32.2. The molecular weight excluding hydrogens is 733 g/mol. The van der Waals surface area contributed by atoms with Crippen molar-refractivity contribution < 1.29 is 18.1 Å². The molecule has 55 heavy (non-hydrogen) atoms. The number of hydrogen-bond donors (Lipinski definition) is 2. The molecule has 0 aromatic heterocycles. The number of nitrogens with zero attached hydrogens (tertiary/aromatic N) is 4. The third-order valence-electron chi connectivity index (χ3n) is 10.1. The van der Waals surface area contributed by atoms with Gasteiger partial charge < -0.3 is 10.2 Å². The second-order valence-corrected chi connectivity index (χ2v) is 16.4. The van der Waals surface area contributed by atoms with Gasteiger partial charge in [0.2, 0.25) is 0 Å². The molecule has 0 saturated carbocycles. The predicted molar refractivity (Wildman–Crippen MR) is 221 cm³/mol. The fourth-order valence-corrected chi connectivity index (χ4v) is 9.22. The number of carbonyl (C=O) groups excluding carboxylic acids is 1. The van der Waals surface area contributed by atoms with Crippen LogP contribution < -0.4 is 14.9 Å². The molecular formula is C42H46N6O5S2. The number of nitro benzene ring substituents is 1. The molecule has 5 aromatic rings. The molecule has 1 atom stereocenters. The lowest BCUT2D eigenvalue weighted by atomic mass is 9.99. The maximum Gasteiger partial charge on any atom is 0.293 e. The summed E-state index contributed by atoms with van der Waals surface area (Å²) in [5.41, 5.74) is 3.33. The molecule has 1 heterocycles. The summed E-state index contributed by atoms with van der Waals surface area (Å²) in [7, 11) is -0.887. The topological polar surface area (TPSA) is 128 Å². The Kier molecular flexibility index (Phi) is 12.6. The van der Waals surface area contributed by atoms with Gasteiger partial charge >= 0.3 is 0 Å². The van der Waals surface area contributed by atoms with Crippen molar-refractivity contribution in [3.8, 4) is 11.1 Å². The molecule has 0 aliphatic carbocycles. The van der Waals surface area contributed by atoms with E-state index in [9.17, 15) is 23.3 Å². The summed E-state index contributed by atoms with van der Waals surface area (Å²) in [4.78, 5) is 32.3. The number of piperazine rings is 1. The third kappa shape index (κ3) is 9.37. The van der Waals surface area contributed by atoms with Gasteiger partial charge in [-0.05, 0) is 79.7 Å². The number of sulfonamides is 1. The highest BCUT2D eigenvalue weighted by molar-refractivity contribution is 7.99. The van der Waals surface area contributed by atoms with E-state index in [1.54, 1.807) is 23.9 Å². The molecule has 1 saturated heterocycles. The summed E-state index contributed by atoms with van der Waals surface area (Å²) >= 11 is 1.55. The number of anilines is 2. The molecule has 6 rings (SSSR count). The molecule has 11 nitrogen and oxygen atoms in total. The van der Waals surface area contributed by atoms with E-state index >= 15 is 0 Å². The number of nitro groups is 1. The smallest absolute Gasteiger partial charge is 0.293 e.